The van der Waals surface area contributed by atoms with Gasteiger partial charge in [0.2, 0.25) is 0 Å². The number of benzene rings is 1. The van der Waals surface area contributed by atoms with E-state index in [9.17, 15) is 0 Å². The van der Waals surface area contributed by atoms with E-state index in [1.165, 1.54) is 24.9 Å². The SMILES string of the molecule is CCCCCN(CCCCN)c1ccc(N=Nc2n(C)cc[n+]2C)cc1. The van der Waals surface area contributed by atoms with Crippen molar-refractivity contribution in [2.24, 2.45) is 30.1 Å². The zero-order valence-corrected chi connectivity index (χ0v) is 16.4. The third-order valence-electron chi connectivity index (χ3n) is 4.53. The maximum atomic E-state index is 5.64. The molecule has 1 heterocycles. The Morgan fingerprint density at radius 1 is 1.04 bits per heavy atom. The number of aryl methyl sites for hydroxylation is 2. The van der Waals surface area contributed by atoms with Crippen LogP contribution >= 0.6 is 0 Å². The largest absolute Gasteiger partial charge is 0.421 e. The van der Waals surface area contributed by atoms with Gasteiger partial charge in [0.1, 0.15) is 5.69 Å². The first-order chi connectivity index (χ1) is 12.7. The molecular weight excluding hydrogens is 324 g/mol. The fraction of sp³-hybridized carbons (Fsp3) is 0.550. The number of hydrogen-bond acceptors (Lipinski definition) is 4. The second-order valence-electron chi connectivity index (χ2n) is 6.73. The summed E-state index contributed by atoms with van der Waals surface area (Å²) in [5, 5.41) is 8.72. The number of unbranched alkanes of at least 4 members (excludes halogenated alkanes) is 3. The molecule has 0 fully saturated rings. The average Bonchev–Trinajstić information content (AvgIpc) is 2.97. The second-order valence-corrected chi connectivity index (χ2v) is 6.73. The summed E-state index contributed by atoms with van der Waals surface area (Å²) in [4.78, 5) is 2.46. The molecule has 1 aromatic heterocycles. The van der Waals surface area contributed by atoms with Crippen LogP contribution in [0.5, 0.6) is 0 Å². The summed E-state index contributed by atoms with van der Waals surface area (Å²) < 4.78 is 3.90. The van der Waals surface area contributed by atoms with Crippen molar-refractivity contribution in [2.45, 2.75) is 39.0 Å². The predicted octanol–water partition coefficient (Wildman–Crippen LogP) is 4.00. The maximum absolute atomic E-state index is 5.64. The van der Waals surface area contributed by atoms with Crippen molar-refractivity contribution >= 4 is 17.3 Å². The van der Waals surface area contributed by atoms with Crippen LogP contribution in [0.1, 0.15) is 39.0 Å². The molecule has 0 radical (unpaired) electrons. The minimum Gasteiger partial charge on any atom is -0.372 e. The lowest BCUT2D eigenvalue weighted by Gasteiger charge is -2.25. The van der Waals surface area contributed by atoms with Gasteiger partial charge in [-0.05, 0) is 50.1 Å². The van der Waals surface area contributed by atoms with Gasteiger partial charge >= 0.3 is 5.95 Å². The van der Waals surface area contributed by atoms with Gasteiger partial charge in [-0.25, -0.2) is 9.13 Å². The molecule has 142 valence electrons. The topological polar surface area (TPSA) is 62.8 Å². The molecule has 0 aliphatic rings. The van der Waals surface area contributed by atoms with Crippen molar-refractivity contribution in [1.82, 2.24) is 4.57 Å². The van der Waals surface area contributed by atoms with Crippen LogP contribution in [0, 0.1) is 0 Å². The van der Waals surface area contributed by atoms with Crippen LogP contribution in [0.15, 0.2) is 46.9 Å². The molecule has 0 unspecified atom stereocenters. The Morgan fingerprint density at radius 2 is 1.73 bits per heavy atom. The van der Waals surface area contributed by atoms with Crippen LogP contribution in [-0.4, -0.2) is 24.2 Å². The lowest BCUT2D eigenvalue weighted by Crippen LogP contribution is -2.26. The van der Waals surface area contributed by atoms with E-state index in [1.54, 1.807) is 0 Å². The van der Waals surface area contributed by atoms with Crippen molar-refractivity contribution < 1.29 is 4.57 Å². The monoisotopic (exact) mass is 357 g/mol. The summed E-state index contributed by atoms with van der Waals surface area (Å²) in [5.74, 6) is 0.817. The molecule has 26 heavy (non-hydrogen) atoms. The first-order valence-electron chi connectivity index (χ1n) is 9.63. The van der Waals surface area contributed by atoms with Crippen molar-refractivity contribution in [1.29, 1.82) is 0 Å². The van der Waals surface area contributed by atoms with Gasteiger partial charge in [-0.15, -0.1) is 0 Å². The molecule has 0 bridgehead atoms. The first kappa shape index (κ1) is 20.1. The summed E-state index contributed by atoms with van der Waals surface area (Å²) in [6, 6.07) is 8.37. The number of hydrogen-bond donors (Lipinski definition) is 1. The number of rotatable bonds is 11. The Bertz CT molecular complexity index is 645. The summed E-state index contributed by atoms with van der Waals surface area (Å²) in [7, 11) is 3.93. The van der Waals surface area contributed by atoms with Gasteiger partial charge in [0, 0.05) is 23.9 Å². The lowest BCUT2D eigenvalue weighted by molar-refractivity contribution is -0.657. The molecule has 6 nitrogen and oxygen atoms in total. The average molecular weight is 358 g/mol. The minimum atomic E-state index is 0.763. The molecule has 0 aliphatic carbocycles. The quantitative estimate of drug-likeness (QED) is 0.375. The van der Waals surface area contributed by atoms with Crippen LogP contribution in [-0.2, 0) is 14.1 Å². The van der Waals surface area contributed by atoms with Crippen molar-refractivity contribution in [2.75, 3.05) is 24.5 Å². The molecule has 0 spiro atoms. The standard InChI is InChI=1S/C20H33N6/c1-4-5-7-14-26(15-8-6-13-21)19-11-9-18(10-12-19)22-23-20-24(2)16-17-25(20)3/h9-12,16-17H,4-8,13-15,21H2,1-3H3/q+1. The maximum Gasteiger partial charge on any atom is 0.421 e. The van der Waals surface area contributed by atoms with E-state index in [2.05, 4.69) is 34.2 Å². The van der Waals surface area contributed by atoms with Crippen molar-refractivity contribution in [3.05, 3.63) is 36.7 Å². The lowest BCUT2D eigenvalue weighted by atomic mass is 10.2. The van der Waals surface area contributed by atoms with Gasteiger partial charge in [-0.3, -0.25) is 0 Å². The molecule has 0 saturated carbocycles. The van der Waals surface area contributed by atoms with Crippen molar-refractivity contribution in [3.63, 3.8) is 0 Å². The zero-order chi connectivity index (χ0) is 18.8. The molecule has 2 aromatic rings. The Kier molecular flexibility index (Phi) is 8.28. The molecule has 0 aliphatic heterocycles. The van der Waals surface area contributed by atoms with E-state index < -0.39 is 0 Å². The molecule has 6 heteroatoms. The van der Waals surface area contributed by atoms with Gasteiger partial charge < -0.3 is 10.6 Å². The van der Waals surface area contributed by atoms with Gasteiger partial charge in [-0.2, -0.15) is 0 Å². The Hall–Kier alpha value is -2.21. The van der Waals surface area contributed by atoms with E-state index in [1.807, 2.05) is 47.8 Å². The Labute approximate surface area is 157 Å². The molecular formula is C20H33N6+. The normalized spacial score (nSPS) is 11.4. The van der Waals surface area contributed by atoms with Crippen LogP contribution in [0.25, 0.3) is 0 Å². The van der Waals surface area contributed by atoms with Crippen LogP contribution < -0.4 is 15.2 Å². The number of aromatic nitrogens is 2. The van der Waals surface area contributed by atoms with Crippen LogP contribution in [0.3, 0.4) is 0 Å². The number of anilines is 1. The van der Waals surface area contributed by atoms with E-state index >= 15 is 0 Å². The highest BCUT2D eigenvalue weighted by atomic mass is 15.3. The predicted molar refractivity (Wildman–Crippen MR) is 107 cm³/mol. The summed E-state index contributed by atoms with van der Waals surface area (Å²) in [6.07, 6.45) is 9.88. The van der Waals surface area contributed by atoms with Gasteiger partial charge in [-0.1, -0.05) is 24.9 Å². The fourth-order valence-electron chi connectivity index (χ4n) is 2.93. The Balaban J connectivity index is 2.03. The van der Waals surface area contributed by atoms with Crippen LogP contribution in [0.2, 0.25) is 0 Å². The number of imidazole rings is 1. The van der Waals surface area contributed by atoms with E-state index in [0.717, 1.165) is 44.1 Å². The third-order valence-corrected chi connectivity index (χ3v) is 4.53. The summed E-state index contributed by atoms with van der Waals surface area (Å²) in [6.45, 7) is 5.16. The fourth-order valence-corrected chi connectivity index (χ4v) is 2.93. The highest BCUT2D eigenvalue weighted by Crippen LogP contribution is 2.22. The highest BCUT2D eigenvalue weighted by Gasteiger charge is 2.11. The van der Waals surface area contributed by atoms with Gasteiger partial charge in [0.05, 0.1) is 26.5 Å². The molecule has 0 atom stereocenters. The van der Waals surface area contributed by atoms with E-state index in [4.69, 9.17) is 5.73 Å². The van der Waals surface area contributed by atoms with E-state index in [-0.39, 0.29) is 0 Å². The number of azo groups is 1. The zero-order valence-electron chi connectivity index (χ0n) is 16.4. The molecule has 2 N–H and O–H groups in total. The molecule has 1 aromatic carbocycles. The summed E-state index contributed by atoms with van der Waals surface area (Å²) in [5.41, 5.74) is 7.76. The number of nitrogens with zero attached hydrogens (tertiary/aromatic N) is 5. The first-order valence-corrected chi connectivity index (χ1v) is 9.63. The highest BCUT2D eigenvalue weighted by molar-refractivity contribution is 5.52. The Morgan fingerprint density at radius 3 is 2.31 bits per heavy atom. The smallest absolute Gasteiger partial charge is 0.372 e. The number of nitrogens with two attached hydrogens (primary N) is 1. The third kappa shape index (κ3) is 5.95. The molecule has 2 rings (SSSR count). The minimum absolute atomic E-state index is 0.763. The second kappa shape index (κ2) is 10.7. The van der Waals surface area contributed by atoms with Gasteiger partial charge in [0.25, 0.3) is 0 Å². The molecule has 0 amide bonds. The van der Waals surface area contributed by atoms with Crippen molar-refractivity contribution in [3.8, 4) is 0 Å². The van der Waals surface area contributed by atoms with Crippen LogP contribution in [0.4, 0.5) is 17.3 Å². The van der Waals surface area contributed by atoms with Gasteiger partial charge in [0.15, 0.2) is 0 Å². The summed E-state index contributed by atoms with van der Waals surface area (Å²) >= 11 is 0. The molecule has 0 saturated heterocycles. The van der Waals surface area contributed by atoms with E-state index in [0.29, 0.717) is 0 Å².